The summed E-state index contributed by atoms with van der Waals surface area (Å²) in [5, 5.41) is 4.93. The molecule has 0 aliphatic carbocycles. The van der Waals surface area contributed by atoms with Gasteiger partial charge in [-0.05, 0) is 29.8 Å². The van der Waals surface area contributed by atoms with Gasteiger partial charge in [-0.1, -0.05) is 35.0 Å². The van der Waals surface area contributed by atoms with E-state index in [4.69, 9.17) is 16.4 Å². The summed E-state index contributed by atoms with van der Waals surface area (Å²) in [5.74, 6) is 1.06. The van der Waals surface area contributed by atoms with Crippen LogP contribution in [0.5, 0.6) is 0 Å². The van der Waals surface area contributed by atoms with Gasteiger partial charge in [0.2, 0.25) is 0 Å². The first kappa shape index (κ1) is 17.7. The van der Waals surface area contributed by atoms with Crippen LogP contribution in [0.4, 0.5) is 5.82 Å². The average molecular weight is 359 g/mol. The first-order valence-corrected chi connectivity index (χ1v) is 8.88. The molecule has 1 aromatic carbocycles. The Bertz CT molecular complexity index is 682. The molecule has 25 heavy (non-hydrogen) atoms. The SMILES string of the molecule is CO/N=C(/CCN1CCN(c2ccccn2)CC1)c1ccc(Cl)cc1. The Balaban J connectivity index is 1.53. The van der Waals surface area contributed by atoms with E-state index in [1.165, 1.54) is 0 Å². The molecule has 6 heteroatoms. The van der Waals surface area contributed by atoms with Crippen molar-refractivity contribution in [2.75, 3.05) is 44.7 Å². The van der Waals surface area contributed by atoms with Crippen molar-refractivity contribution >= 4 is 23.1 Å². The van der Waals surface area contributed by atoms with Gasteiger partial charge < -0.3 is 9.74 Å². The van der Waals surface area contributed by atoms with E-state index in [1.807, 2.05) is 42.6 Å². The van der Waals surface area contributed by atoms with Crippen LogP contribution in [0.1, 0.15) is 12.0 Å². The van der Waals surface area contributed by atoms with Gasteiger partial charge in [0.25, 0.3) is 0 Å². The molecular weight excluding hydrogens is 336 g/mol. The number of benzene rings is 1. The second-order valence-electron chi connectivity index (χ2n) is 5.99. The summed E-state index contributed by atoms with van der Waals surface area (Å²) in [4.78, 5) is 14.2. The Kier molecular flexibility index (Phi) is 6.25. The molecule has 1 fully saturated rings. The van der Waals surface area contributed by atoms with Crippen molar-refractivity contribution in [1.29, 1.82) is 0 Å². The third-order valence-corrected chi connectivity index (χ3v) is 4.64. The third-order valence-electron chi connectivity index (χ3n) is 4.39. The minimum absolute atomic E-state index is 0.728. The molecule has 0 bridgehead atoms. The Labute approximate surface area is 153 Å². The average Bonchev–Trinajstić information content (AvgIpc) is 2.67. The molecule has 0 N–H and O–H groups in total. The van der Waals surface area contributed by atoms with E-state index in [0.29, 0.717) is 0 Å². The highest BCUT2D eigenvalue weighted by molar-refractivity contribution is 6.30. The summed E-state index contributed by atoms with van der Waals surface area (Å²) in [5.41, 5.74) is 2.00. The molecular formula is C19H23ClN4O. The molecule has 1 saturated heterocycles. The van der Waals surface area contributed by atoms with Crippen molar-refractivity contribution in [3.8, 4) is 0 Å². The number of oxime groups is 1. The summed E-state index contributed by atoms with van der Waals surface area (Å²) in [7, 11) is 1.58. The van der Waals surface area contributed by atoms with Crippen LogP contribution in [0.25, 0.3) is 0 Å². The van der Waals surface area contributed by atoms with Gasteiger partial charge in [0.15, 0.2) is 0 Å². The largest absolute Gasteiger partial charge is 0.399 e. The maximum atomic E-state index is 5.97. The number of rotatable bonds is 6. The van der Waals surface area contributed by atoms with E-state index in [9.17, 15) is 0 Å². The smallest absolute Gasteiger partial charge is 0.128 e. The van der Waals surface area contributed by atoms with E-state index < -0.39 is 0 Å². The molecule has 0 radical (unpaired) electrons. The number of nitrogens with zero attached hydrogens (tertiary/aromatic N) is 4. The minimum atomic E-state index is 0.728. The monoisotopic (exact) mass is 358 g/mol. The summed E-state index contributed by atoms with van der Waals surface area (Å²) in [6.45, 7) is 5.00. The number of hydrogen-bond acceptors (Lipinski definition) is 5. The fourth-order valence-electron chi connectivity index (χ4n) is 3.00. The molecule has 1 aliphatic heterocycles. The molecule has 1 aliphatic rings. The molecule has 0 spiro atoms. The van der Waals surface area contributed by atoms with Crippen molar-refractivity contribution in [2.45, 2.75) is 6.42 Å². The lowest BCUT2D eigenvalue weighted by Crippen LogP contribution is -2.47. The van der Waals surface area contributed by atoms with Crippen LogP contribution in [0.15, 0.2) is 53.8 Å². The molecule has 5 nitrogen and oxygen atoms in total. The Morgan fingerprint density at radius 2 is 1.88 bits per heavy atom. The van der Waals surface area contributed by atoms with Crippen LogP contribution in [-0.4, -0.2) is 55.4 Å². The van der Waals surface area contributed by atoms with Gasteiger partial charge in [-0.2, -0.15) is 0 Å². The Morgan fingerprint density at radius 3 is 2.52 bits per heavy atom. The van der Waals surface area contributed by atoms with Crippen LogP contribution in [-0.2, 0) is 4.84 Å². The standard InChI is InChI=1S/C19H23ClN4O/c1-25-22-18(16-5-7-17(20)8-6-16)9-11-23-12-14-24(15-13-23)19-4-2-3-10-21-19/h2-8,10H,9,11-15H2,1H3/b22-18-. The fraction of sp³-hybridized carbons (Fsp3) is 0.368. The van der Waals surface area contributed by atoms with E-state index in [2.05, 4.69) is 26.0 Å². The van der Waals surface area contributed by atoms with Crippen molar-refractivity contribution in [3.63, 3.8) is 0 Å². The predicted molar refractivity (Wildman–Crippen MR) is 103 cm³/mol. The molecule has 0 saturated carbocycles. The molecule has 0 unspecified atom stereocenters. The van der Waals surface area contributed by atoms with Crippen molar-refractivity contribution in [1.82, 2.24) is 9.88 Å². The minimum Gasteiger partial charge on any atom is -0.399 e. The zero-order chi connectivity index (χ0) is 17.5. The van der Waals surface area contributed by atoms with Crippen LogP contribution in [0.2, 0.25) is 5.02 Å². The molecule has 132 valence electrons. The summed E-state index contributed by atoms with van der Waals surface area (Å²) in [6.07, 6.45) is 2.69. The number of hydrogen-bond donors (Lipinski definition) is 0. The summed E-state index contributed by atoms with van der Waals surface area (Å²) < 4.78 is 0. The van der Waals surface area contributed by atoms with E-state index in [1.54, 1.807) is 7.11 Å². The van der Waals surface area contributed by atoms with Crippen LogP contribution in [0, 0.1) is 0 Å². The molecule has 2 aromatic rings. The Hall–Kier alpha value is -2.11. The van der Waals surface area contributed by atoms with Crippen LogP contribution in [0.3, 0.4) is 0 Å². The number of pyridine rings is 1. The van der Waals surface area contributed by atoms with Gasteiger partial charge in [-0.3, -0.25) is 4.90 Å². The number of anilines is 1. The third kappa shape index (κ3) is 4.94. The number of halogens is 1. The van der Waals surface area contributed by atoms with Gasteiger partial charge in [-0.25, -0.2) is 4.98 Å². The first-order chi connectivity index (χ1) is 12.3. The Morgan fingerprint density at radius 1 is 1.12 bits per heavy atom. The highest BCUT2D eigenvalue weighted by Gasteiger charge is 2.18. The maximum absolute atomic E-state index is 5.97. The quantitative estimate of drug-likeness (QED) is 0.587. The van der Waals surface area contributed by atoms with Gasteiger partial charge in [0.05, 0.1) is 5.71 Å². The normalized spacial score (nSPS) is 16.1. The molecule has 0 atom stereocenters. The first-order valence-electron chi connectivity index (χ1n) is 8.50. The van der Waals surface area contributed by atoms with E-state index in [-0.39, 0.29) is 0 Å². The highest BCUT2D eigenvalue weighted by atomic mass is 35.5. The molecule has 3 rings (SSSR count). The zero-order valence-corrected chi connectivity index (χ0v) is 15.2. The van der Waals surface area contributed by atoms with Crippen molar-refractivity contribution < 1.29 is 4.84 Å². The lowest BCUT2D eigenvalue weighted by molar-refractivity contribution is 0.211. The topological polar surface area (TPSA) is 41.0 Å². The van der Waals surface area contributed by atoms with Gasteiger partial charge in [0.1, 0.15) is 12.9 Å². The zero-order valence-electron chi connectivity index (χ0n) is 14.4. The predicted octanol–water partition coefficient (Wildman–Crippen LogP) is 3.30. The lowest BCUT2D eigenvalue weighted by Gasteiger charge is -2.35. The molecule has 2 heterocycles. The number of piperazine rings is 1. The number of aromatic nitrogens is 1. The summed E-state index contributed by atoms with van der Waals surface area (Å²) >= 11 is 5.97. The van der Waals surface area contributed by atoms with Gasteiger partial charge >= 0.3 is 0 Å². The van der Waals surface area contributed by atoms with Crippen molar-refractivity contribution in [2.24, 2.45) is 5.16 Å². The molecule has 1 aromatic heterocycles. The van der Waals surface area contributed by atoms with Gasteiger partial charge in [0, 0.05) is 50.4 Å². The molecule has 0 amide bonds. The summed E-state index contributed by atoms with van der Waals surface area (Å²) in [6, 6.07) is 13.8. The fourth-order valence-corrected chi connectivity index (χ4v) is 3.13. The van der Waals surface area contributed by atoms with Crippen LogP contribution < -0.4 is 4.90 Å². The maximum Gasteiger partial charge on any atom is 0.128 e. The van der Waals surface area contributed by atoms with E-state index in [0.717, 1.165) is 61.3 Å². The van der Waals surface area contributed by atoms with Crippen LogP contribution >= 0.6 is 11.6 Å². The van der Waals surface area contributed by atoms with Gasteiger partial charge in [-0.15, -0.1) is 0 Å². The lowest BCUT2D eigenvalue weighted by atomic mass is 10.1. The highest BCUT2D eigenvalue weighted by Crippen LogP contribution is 2.15. The van der Waals surface area contributed by atoms with E-state index >= 15 is 0 Å². The second kappa shape index (κ2) is 8.83. The van der Waals surface area contributed by atoms with Crippen molar-refractivity contribution in [3.05, 3.63) is 59.2 Å². The second-order valence-corrected chi connectivity index (χ2v) is 6.43.